The Hall–Kier alpha value is -3.06. The fourth-order valence-corrected chi connectivity index (χ4v) is 4.52. The van der Waals surface area contributed by atoms with Gasteiger partial charge in [-0.25, -0.2) is 0 Å². The average molecular weight is 403 g/mol. The van der Waals surface area contributed by atoms with Crippen LogP contribution < -0.4 is 0 Å². The van der Waals surface area contributed by atoms with Gasteiger partial charge in [0.1, 0.15) is 11.6 Å². The molecule has 2 aliphatic heterocycles. The highest BCUT2D eigenvalue weighted by molar-refractivity contribution is 5.94. The van der Waals surface area contributed by atoms with Gasteiger partial charge in [0.2, 0.25) is 0 Å². The third-order valence-electron chi connectivity index (χ3n) is 6.14. The first-order valence-electron chi connectivity index (χ1n) is 10.7. The number of benzene rings is 1. The highest BCUT2D eigenvalue weighted by Gasteiger charge is 2.32. The number of likely N-dealkylation sites (tertiary alicyclic amines) is 1. The van der Waals surface area contributed by atoms with Crippen molar-refractivity contribution in [2.45, 2.75) is 31.8 Å². The molecule has 1 saturated heterocycles. The van der Waals surface area contributed by atoms with Crippen molar-refractivity contribution >= 4 is 5.91 Å². The van der Waals surface area contributed by atoms with Crippen molar-refractivity contribution in [1.29, 1.82) is 0 Å². The van der Waals surface area contributed by atoms with E-state index < -0.39 is 0 Å². The Labute approximate surface area is 176 Å². The summed E-state index contributed by atoms with van der Waals surface area (Å²) in [5.41, 5.74) is 1.99. The van der Waals surface area contributed by atoms with Crippen LogP contribution in [0, 0.1) is 0 Å². The molecule has 154 valence electrons. The predicted octanol–water partition coefficient (Wildman–Crippen LogP) is 2.36. The zero-order valence-electron chi connectivity index (χ0n) is 17.0. The van der Waals surface area contributed by atoms with Crippen LogP contribution in [0.3, 0.4) is 0 Å². The van der Waals surface area contributed by atoms with Gasteiger partial charge in [-0.05, 0) is 30.2 Å². The van der Waals surface area contributed by atoms with Crippen LogP contribution in [-0.2, 0) is 19.5 Å². The van der Waals surface area contributed by atoms with Crippen LogP contribution in [0.15, 0.2) is 54.9 Å². The Morgan fingerprint density at radius 1 is 1.00 bits per heavy atom. The molecule has 1 unspecified atom stereocenters. The summed E-state index contributed by atoms with van der Waals surface area (Å²) in [6, 6.07) is 13.6. The molecule has 2 aromatic heterocycles. The number of rotatable bonds is 4. The van der Waals surface area contributed by atoms with Gasteiger partial charge in [0.05, 0.1) is 0 Å². The summed E-state index contributed by atoms with van der Waals surface area (Å²) in [4.78, 5) is 21.4. The standard InChI is InChI=1S/C23H26N6O/c30-23(19-6-2-1-3-7-19)28-12-8-20(17-28)22-26-25-21-9-11-27(13-14-29(21)22)16-18-5-4-10-24-15-18/h1-7,10,15,20H,8-9,11-14,16-17H2. The smallest absolute Gasteiger partial charge is 0.253 e. The SMILES string of the molecule is O=C(c1ccccc1)N1CCC(c2nnc3n2CCN(Cc2cccnc2)CC3)C1. The van der Waals surface area contributed by atoms with Crippen LogP contribution in [0.2, 0.25) is 0 Å². The van der Waals surface area contributed by atoms with E-state index in [2.05, 4.69) is 30.7 Å². The Balaban J connectivity index is 1.25. The quantitative estimate of drug-likeness (QED) is 0.670. The van der Waals surface area contributed by atoms with E-state index in [4.69, 9.17) is 0 Å². The predicted molar refractivity (Wildman–Crippen MR) is 113 cm³/mol. The van der Waals surface area contributed by atoms with E-state index in [9.17, 15) is 4.79 Å². The fraction of sp³-hybridized carbons (Fsp3) is 0.391. The molecule has 1 amide bonds. The van der Waals surface area contributed by atoms with Gasteiger partial charge in [-0.15, -0.1) is 10.2 Å². The summed E-state index contributed by atoms with van der Waals surface area (Å²) in [6.07, 6.45) is 5.59. The number of amides is 1. The van der Waals surface area contributed by atoms with Crippen molar-refractivity contribution in [1.82, 2.24) is 29.5 Å². The lowest BCUT2D eigenvalue weighted by atomic mass is 10.1. The number of nitrogens with zero attached hydrogens (tertiary/aromatic N) is 6. The van der Waals surface area contributed by atoms with Gasteiger partial charge in [0.15, 0.2) is 0 Å². The van der Waals surface area contributed by atoms with E-state index in [0.717, 1.165) is 62.8 Å². The number of fused-ring (bicyclic) bond motifs is 1. The van der Waals surface area contributed by atoms with Crippen LogP contribution in [0.1, 0.15) is 39.9 Å². The van der Waals surface area contributed by atoms with Crippen LogP contribution >= 0.6 is 0 Å². The zero-order valence-corrected chi connectivity index (χ0v) is 17.0. The summed E-state index contributed by atoms with van der Waals surface area (Å²) in [5, 5.41) is 9.04. The molecular formula is C23H26N6O. The van der Waals surface area contributed by atoms with Crippen molar-refractivity contribution in [3.63, 3.8) is 0 Å². The van der Waals surface area contributed by atoms with Gasteiger partial charge in [-0.1, -0.05) is 24.3 Å². The zero-order chi connectivity index (χ0) is 20.3. The van der Waals surface area contributed by atoms with Crippen LogP contribution in [0.5, 0.6) is 0 Å². The summed E-state index contributed by atoms with van der Waals surface area (Å²) >= 11 is 0. The Morgan fingerprint density at radius 3 is 2.73 bits per heavy atom. The molecule has 0 bridgehead atoms. The first-order valence-corrected chi connectivity index (χ1v) is 10.7. The average Bonchev–Trinajstić information content (AvgIpc) is 3.39. The van der Waals surface area contributed by atoms with Crippen molar-refractivity contribution in [3.8, 4) is 0 Å². The molecule has 1 fully saturated rings. The lowest BCUT2D eigenvalue weighted by molar-refractivity contribution is 0.0790. The fourth-order valence-electron chi connectivity index (χ4n) is 4.52. The molecular weight excluding hydrogens is 376 g/mol. The summed E-state index contributed by atoms with van der Waals surface area (Å²) in [7, 11) is 0. The molecule has 0 N–H and O–H groups in total. The van der Waals surface area contributed by atoms with E-state index in [-0.39, 0.29) is 11.8 Å². The molecule has 0 aliphatic carbocycles. The molecule has 1 aromatic carbocycles. The molecule has 30 heavy (non-hydrogen) atoms. The molecule has 2 aliphatic rings. The number of carbonyl (C=O) groups is 1. The van der Waals surface area contributed by atoms with Gasteiger partial charge < -0.3 is 9.47 Å². The topological polar surface area (TPSA) is 67.2 Å². The van der Waals surface area contributed by atoms with Crippen LogP contribution in [0.4, 0.5) is 0 Å². The maximum Gasteiger partial charge on any atom is 0.253 e. The molecule has 7 nitrogen and oxygen atoms in total. The molecule has 5 rings (SSSR count). The normalized spacial score (nSPS) is 19.5. The highest BCUT2D eigenvalue weighted by atomic mass is 16.2. The van der Waals surface area contributed by atoms with E-state index in [1.807, 2.05) is 53.7 Å². The second-order valence-electron chi connectivity index (χ2n) is 8.12. The van der Waals surface area contributed by atoms with Gasteiger partial charge in [-0.2, -0.15) is 0 Å². The number of hydrogen-bond donors (Lipinski definition) is 0. The molecule has 1 atom stereocenters. The lowest BCUT2D eigenvalue weighted by Crippen LogP contribution is -2.29. The molecule has 3 aromatic rings. The van der Waals surface area contributed by atoms with E-state index >= 15 is 0 Å². The minimum Gasteiger partial charge on any atom is -0.338 e. The molecule has 0 saturated carbocycles. The van der Waals surface area contributed by atoms with Crippen molar-refractivity contribution in [3.05, 3.63) is 77.6 Å². The molecule has 7 heteroatoms. The largest absolute Gasteiger partial charge is 0.338 e. The second kappa shape index (κ2) is 8.36. The minimum atomic E-state index is 0.108. The minimum absolute atomic E-state index is 0.108. The number of carbonyl (C=O) groups excluding carboxylic acids is 1. The Morgan fingerprint density at radius 2 is 1.90 bits per heavy atom. The van der Waals surface area contributed by atoms with E-state index in [0.29, 0.717) is 6.54 Å². The molecule has 4 heterocycles. The molecule has 0 spiro atoms. The first-order chi connectivity index (χ1) is 14.8. The number of pyridine rings is 1. The van der Waals surface area contributed by atoms with Crippen molar-refractivity contribution in [2.75, 3.05) is 26.2 Å². The summed E-state index contributed by atoms with van der Waals surface area (Å²) < 4.78 is 2.30. The van der Waals surface area contributed by atoms with Gasteiger partial charge in [-0.3, -0.25) is 14.7 Å². The highest BCUT2D eigenvalue weighted by Crippen LogP contribution is 2.28. The summed E-state index contributed by atoms with van der Waals surface area (Å²) in [6.45, 7) is 5.22. The van der Waals surface area contributed by atoms with Gasteiger partial charge >= 0.3 is 0 Å². The monoisotopic (exact) mass is 402 g/mol. The third-order valence-corrected chi connectivity index (χ3v) is 6.14. The van der Waals surface area contributed by atoms with Crippen LogP contribution in [0.25, 0.3) is 0 Å². The second-order valence-corrected chi connectivity index (χ2v) is 8.12. The number of hydrogen-bond acceptors (Lipinski definition) is 5. The van der Waals surface area contributed by atoms with Gasteiger partial charge in [0.25, 0.3) is 5.91 Å². The van der Waals surface area contributed by atoms with Crippen molar-refractivity contribution < 1.29 is 4.79 Å². The summed E-state index contributed by atoms with van der Waals surface area (Å²) in [5.74, 6) is 2.46. The third kappa shape index (κ3) is 3.85. The number of aromatic nitrogens is 4. The molecule has 0 radical (unpaired) electrons. The maximum absolute atomic E-state index is 12.8. The maximum atomic E-state index is 12.8. The van der Waals surface area contributed by atoms with E-state index in [1.54, 1.807) is 0 Å². The van der Waals surface area contributed by atoms with Crippen molar-refractivity contribution in [2.24, 2.45) is 0 Å². The van der Waals surface area contributed by atoms with Crippen LogP contribution in [-0.4, -0.2) is 61.6 Å². The lowest BCUT2D eigenvalue weighted by Gasteiger charge is -2.20. The Kier molecular flexibility index (Phi) is 5.27. The van der Waals surface area contributed by atoms with Gasteiger partial charge in [0, 0.05) is 69.6 Å². The van der Waals surface area contributed by atoms with E-state index in [1.165, 1.54) is 5.56 Å². The Bertz CT molecular complexity index is 1000. The first kappa shape index (κ1) is 18.9.